The lowest BCUT2D eigenvalue weighted by Crippen LogP contribution is -2.40. The minimum atomic E-state index is -0.541. The first-order valence-corrected chi connectivity index (χ1v) is 16.5. The lowest BCUT2D eigenvalue weighted by molar-refractivity contribution is 0.0173. The van der Waals surface area contributed by atoms with E-state index in [1.807, 2.05) is 72.9 Å². The Hall–Kier alpha value is -3.77. The SMILES string of the molecule is CC(C)(C)OC(=O)N(Cc1ccc2nc(Cn3cc(-c4cc(Br)cc(NC5CCCCO5)c4C=N)nn3)cn2c1)CC1CCC1. The number of pyridine rings is 1. The molecule has 0 radical (unpaired) electrons. The number of hydrogen-bond donors (Lipinski definition) is 2. The number of aromatic nitrogens is 5. The molecule has 1 saturated heterocycles. The first kappa shape index (κ1) is 31.2. The molecule has 238 valence electrons. The highest BCUT2D eigenvalue weighted by Crippen LogP contribution is 2.33. The number of imidazole rings is 1. The number of carbonyl (C=O) groups is 1. The Morgan fingerprint density at radius 1 is 1.18 bits per heavy atom. The standard InChI is InChI=1S/C33H41BrN8O3/c1-33(2,3)45-32(43)41(16-22-7-6-8-22)18-23-10-11-30-36-25(19-40(30)17-23)20-42-21-29(38-39-42)26-13-24(34)14-28(27(26)15-35)37-31-9-4-5-12-44-31/h10-11,13-15,17,19,21-22,31,35,37H,4-9,12,16,18,20H2,1-3H3. The van der Waals surface area contributed by atoms with E-state index >= 15 is 0 Å². The van der Waals surface area contributed by atoms with Gasteiger partial charge in [-0.1, -0.05) is 33.6 Å². The van der Waals surface area contributed by atoms with E-state index in [0.717, 1.165) is 76.9 Å². The molecule has 1 amide bonds. The van der Waals surface area contributed by atoms with Crippen molar-refractivity contribution in [3.8, 4) is 11.3 Å². The molecule has 2 aliphatic rings. The number of anilines is 1. The average molecular weight is 678 g/mol. The van der Waals surface area contributed by atoms with Crippen molar-refractivity contribution in [1.29, 1.82) is 5.41 Å². The number of ether oxygens (including phenoxy) is 2. The van der Waals surface area contributed by atoms with Gasteiger partial charge in [0.05, 0.1) is 25.0 Å². The first-order chi connectivity index (χ1) is 21.6. The summed E-state index contributed by atoms with van der Waals surface area (Å²) in [6.45, 7) is 8.06. The van der Waals surface area contributed by atoms with E-state index in [1.54, 1.807) is 4.68 Å². The van der Waals surface area contributed by atoms with Crippen molar-refractivity contribution < 1.29 is 14.3 Å². The topological polar surface area (TPSA) is 123 Å². The molecule has 6 rings (SSSR count). The predicted octanol–water partition coefficient (Wildman–Crippen LogP) is 6.88. The molecule has 0 spiro atoms. The van der Waals surface area contributed by atoms with Crippen molar-refractivity contribution in [1.82, 2.24) is 29.3 Å². The normalized spacial score (nSPS) is 17.2. The Morgan fingerprint density at radius 3 is 2.73 bits per heavy atom. The molecular formula is C33H41BrN8O3. The van der Waals surface area contributed by atoms with E-state index in [2.05, 4.69) is 31.6 Å². The van der Waals surface area contributed by atoms with Crippen LogP contribution in [0, 0.1) is 11.3 Å². The quantitative estimate of drug-likeness (QED) is 0.176. The molecular weight excluding hydrogens is 636 g/mol. The minimum absolute atomic E-state index is 0.0750. The number of benzene rings is 1. The van der Waals surface area contributed by atoms with Crippen LogP contribution in [0.4, 0.5) is 10.5 Å². The van der Waals surface area contributed by atoms with Crippen LogP contribution in [0.15, 0.2) is 47.3 Å². The molecule has 45 heavy (non-hydrogen) atoms. The van der Waals surface area contributed by atoms with E-state index in [4.69, 9.17) is 19.9 Å². The minimum Gasteiger partial charge on any atom is -0.444 e. The molecule has 1 aromatic carbocycles. The lowest BCUT2D eigenvalue weighted by atomic mass is 9.85. The second-order valence-electron chi connectivity index (χ2n) is 13.1. The Kier molecular flexibility index (Phi) is 9.23. The number of amides is 1. The summed E-state index contributed by atoms with van der Waals surface area (Å²) in [5.41, 5.74) is 5.15. The van der Waals surface area contributed by atoms with Crippen molar-refractivity contribution in [3.63, 3.8) is 0 Å². The fourth-order valence-corrected chi connectivity index (χ4v) is 6.25. The molecule has 2 N–H and O–H groups in total. The number of fused-ring (bicyclic) bond motifs is 1. The summed E-state index contributed by atoms with van der Waals surface area (Å²) in [7, 11) is 0. The molecule has 4 heterocycles. The van der Waals surface area contributed by atoms with Gasteiger partial charge >= 0.3 is 6.09 Å². The number of nitrogens with one attached hydrogen (secondary N) is 2. The van der Waals surface area contributed by atoms with Gasteiger partial charge < -0.3 is 29.5 Å². The molecule has 2 fully saturated rings. The molecule has 1 aliphatic heterocycles. The maximum Gasteiger partial charge on any atom is 0.410 e. The molecule has 3 aromatic heterocycles. The molecule has 4 aromatic rings. The van der Waals surface area contributed by atoms with Crippen molar-refractivity contribution in [2.24, 2.45) is 5.92 Å². The van der Waals surface area contributed by atoms with E-state index in [9.17, 15) is 4.79 Å². The molecule has 12 heteroatoms. The molecule has 1 aliphatic carbocycles. The van der Waals surface area contributed by atoms with Crippen molar-refractivity contribution in [3.05, 3.63) is 64.1 Å². The Labute approximate surface area is 271 Å². The highest BCUT2D eigenvalue weighted by atomic mass is 79.9. The lowest BCUT2D eigenvalue weighted by Gasteiger charge is -2.33. The molecule has 11 nitrogen and oxygen atoms in total. The number of nitrogens with zero attached hydrogens (tertiary/aromatic N) is 6. The maximum atomic E-state index is 13.0. The summed E-state index contributed by atoms with van der Waals surface area (Å²) in [6, 6.07) is 7.93. The van der Waals surface area contributed by atoms with Gasteiger partial charge in [-0.25, -0.2) is 14.5 Å². The average Bonchev–Trinajstić information content (AvgIpc) is 3.60. The molecule has 1 saturated carbocycles. The number of rotatable bonds is 10. The van der Waals surface area contributed by atoms with Crippen LogP contribution in [0.3, 0.4) is 0 Å². The number of hydrogen-bond acceptors (Lipinski definition) is 8. The van der Waals surface area contributed by atoms with E-state index < -0.39 is 5.60 Å². The third-order valence-corrected chi connectivity index (χ3v) is 8.67. The second-order valence-corrected chi connectivity index (χ2v) is 14.0. The van der Waals surface area contributed by atoms with E-state index in [1.165, 1.54) is 12.6 Å². The van der Waals surface area contributed by atoms with Crippen LogP contribution in [0.5, 0.6) is 0 Å². The maximum absolute atomic E-state index is 13.0. The summed E-state index contributed by atoms with van der Waals surface area (Å²) in [5, 5.41) is 20.4. The second kappa shape index (κ2) is 13.3. The van der Waals surface area contributed by atoms with Gasteiger partial charge in [-0.05, 0) is 82.6 Å². The molecule has 1 atom stereocenters. The number of carbonyl (C=O) groups excluding carboxylic acids is 1. The zero-order chi connectivity index (χ0) is 31.6. The van der Waals surface area contributed by atoms with E-state index in [-0.39, 0.29) is 12.3 Å². The van der Waals surface area contributed by atoms with Gasteiger partial charge in [-0.3, -0.25) is 0 Å². The fourth-order valence-electron chi connectivity index (χ4n) is 5.80. The van der Waals surface area contributed by atoms with Crippen LogP contribution in [-0.2, 0) is 22.6 Å². The Morgan fingerprint density at radius 2 is 2.02 bits per heavy atom. The van der Waals surface area contributed by atoms with E-state index in [0.29, 0.717) is 31.2 Å². The van der Waals surface area contributed by atoms with Crippen LogP contribution >= 0.6 is 15.9 Å². The third-order valence-electron chi connectivity index (χ3n) is 8.21. The largest absolute Gasteiger partial charge is 0.444 e. The smallest absolute Gasteiger partial charge is 0.410 e. The summed E-state index contributed by atoms with van der Waals surface area (Å²) in [6.07, 6.45) is 13.5. The van der Waals surface area contributed by atoms with Crippen molar-refractivity contribution >= 4 is 39.6 Å². The first-order valence-electron chi connectivity index (χ1n) is 15.7. The van der Waals surface area contributed by atoms with Gasteiger partial charge in [0.1, 0.15) is 23.2 Å². The highest BCUT2D eigenvalue weighted by Gasteiger charge is 2.27. The summed E-state index contributed by atoms with van der Waals surface area (Å²) in [4.78, 5) is 19.7. The zero-order valence-electron chi connectivity index (χ0n) is 26.1. The monoisotopic (exact) mass is 676 g/mol. The Balaban J connectivity index is 1.17. The van der Waals surface area contributed by atoms with Crippen LogP contribution in [-0.4, -0.2) is 66.6 Å². The van der Waals surface area contributed by atoms with Crippen molar-refractivity contribution in [2.75, 3.05) is 18.5 Å². The zero-order valence-corrected chi connectivity index (χ0v) is 27.7. The van der Waals surface area contributed by atoms with Gasteiger partial charge in [-0.2, -0.15) is 0 Å². The van der Waals surface area contributed by atoms with Gasteiger partial charge in [-0.15, -0.1) is 5.10 Å². The number of halogens is 1. The molecule has 1 unspecified atom stereocenters. The van der Waals surface area contributed by atoms with Crippen LogP contribution in [0.1, 0.15) is 76.1 Å². The van der Waals surface area contributed by atoms with Crippen molar-refractivity contribution in [2.45, 2.75) is 84.2 Å². The van der Waals surface area contributed by atoms with Crippen LogP contribution in [0.2, 0.25) is 0 Å². The van der Waals surface area contributed by atoms with Gasteiger partial charge in [0.15, 0.2) is 0 Å². The highest BCUT2D eigenvalue weighted by molar-refractivity contribution is 9.10. The van der Waals surface area contributed by atoms with Gasteiger partial charge in [0.2, 0.25) is 0 Å². The fraction of sp³-hybridized carbons (Fsp3) is 0.485. The summed E-state index contributed by atoms with van der Waals surface area (Å²) >= 11 is 3.63. The summed E-state index contributed by atoms with van der Waals surface area (Å²) in [5.74, 6) is 0.537. The Bertz CT molecular complexity index is 1670. The predicted molar refractivity (Wildman–Crippen MR) is 177 cm³/mol. The van der Waals surface area contributed by atoms with Crippen LogP contribution < -0.4 is 5.32 Å². The van der Waals surface area contributed by atoms with Gasteiger partial charge in [0, 0.05) is 53.0 Å². The molecule has 0 bridgehead atoms. The summed E-state index contributed by atoms with van der Waals surface area (Å²) < 4.78 is 16.2. The third kappa shape index (κ3) is 7.73. The van der Waals surface area contributed by atoms with Gasteiger partial charge in [0.25, 0.3) is 0 Å². The van der Waals surface area contributed by atoms with Crippen LogP contribution in [0.25, 0.3) is 16.9 Å².